The molecule has 0 saturated carbocycles. The Morgan fingerprint density at radius 3 is 2.42 bits per heavy atom. The third-order valence-corrected chi connectivity index (χ3v) is 7.30. The van der Waals surface area contributed by atoms with Gasteiger partial charge in [0.1, 0.15) is 5.60 Å². The molecule has 1 aromatic rings. The summed E-state index contributed by atoms with van der Waals surface area (Å²) < 4.78 is 46.9. The molecule has 0 spiro atoms. The zero-order valence-electron chi connectivity index (χ0n) is 21.7. The monoisotopic (exact) mass is 529 g/mol. The van der Waals surface area contributed by atoms with E-state index in [-0.39, 0.29) is 23.0 Å². The second-order valence-electron chi connectivity index (χ2n) is 11.0. The van der Waals surface area contributed by atoms with Crippen LogP contribution in [0.1, 0.15) is 77.2 Å². The van der Waals surface area contributed by atoms with E-state index in [1.807, 2.05) is 0 Å². The molecule has 1 fully saturated rings. The van der Waals surface area contributed by atoms with Crippen molar-refractivity contribution in [1.82, 2.24) is 9.80 Å². The highest BCUT2D eigenvalue weighted by atomic mass is 32.2. The maximum atomic E-state index is 14.1. The lowest BCUT2D eigenvalue weighted by molar-refractivity contribution is -0.138. The number of likely N-dealkylation sites (tertiary alicyclic amines) is 1. The highest BCUT2D eigenvalue weighted by Crippen LogP contribution is 2.46. The predicted octanol–water partition coefficient (Wildman–Crippen LogP) is 5.78. The molecule has 0 aromatic heterocycles. The summed E-state index contributed by atoms with van der Waals surface area (Å²) in [7, 11) is 0. The number of thioether (sulfide) groups is 1. The van der Waals surface area contributed by atoms with Crippen molar-refractivity contribution in [2.75, 3.05) is 18.4 Å². The van der Waals surface area contributed by atoms with Crippen LogP contribution in [0.15, 0.2) is 17.0 Å². The van der Waals surface area contributed by atoms with Crippen LogP contribution in [-0.4, -0.2) is 63.2 Å². The van der Waals surface area contributed by atoms with E-state index in [1.54, 1.807) is 48.5 Å². The first-order valence-corrected chi connectivity index (χ1v) is 12.8. The number of alkyl halides is 3. The molecule has 36 heavy (non-hydrogen) atoms. The summed E-state index contributed by atoms with van der Waals surface area (Å²) in [6, 6.07) is 1.16. The van der Waals surface area contributed by atoms with E-state index in [0.717, 1.165) is 23.9 Å². The predicted molar refractivity (Wildman–Crippen MR) is 132 cm³/mol. The normalized spacial score (nSPS) is 20.0. The van der Waals surface area contributed by atoms with Gasteiger partial charge in [0.15, 0.2) is 0 Å². The number of benzene rings is 1. The molecular formula is C25H34F3N3O4S. The minimum Gasteiger partial charge on any atom is -0.444 e. The number of hydrogen-bond acceptors (Lipinski definition) is 5. The number of rotatable bonds is 3. The van der Waals surface area contributed by atoms with Gasteiger partial charge in [-0.2, -0.15) is 13.2 Å². The summed E-state index contributed by atoms with van der Waals surface area (Å²) >= 11 is 1.03. The fourth-order valence-electron chi connectivity index (χ4n) is 4.40. The fourth-order valence-corrected chi connectivity index (χ4v) is 5.49. The second kappa shape index (κ2) is 9.79. The van der Waals surface area contributed by atoms with E-state index in [9.17, 15) is 27.6 Å². The largest absolute Gasteiger partial charge is 0.444 e. The van der Waals surface area contributed by atoms with Crippen molar-refractivity contribution in [3.05, 3.63) is 23.3 Å². The van der Waals surface area contributed by atoms with Crippen LogP contribution in [-0.2, 0) is 15.7 Å². The van der Waals surface area contributed by atoms with Gasteiger partial charge >= 0.3 is 12.3 Å². The first-order valence-electron chi connectivity index (χ1n) is 12.0. The lowest BCUT2D eigenvalue weighted by Gasteiger charge is -2.42. The minimum absolute atomic E-state index is 0.159. The number of fused-ring (bicyclic) bond motifs is 1. The number of ether oxygens (including phenoxy) is 1. The average Bonchev–Trinajstić information content (AvgIpc) is 2.71. The summed E-state index contributed by atoms with van der Waals surface area (Å²) in [4.78, 5) is 42.0. The Kier molecular flexibility index (Phi) is 7.66. The van der Waals surface area contributed by atoms with E-state index in [1.165, 1.54) is 9.80 Å². The lowest BCUT2D eigenvalue weighted by Crippen LogP contribution is -2.54. The topological polar surface area (TPSA) is 79.0 Å². The molecule has 1 atom stereocenters. The number of nitrogens with one attached hydrogen (secondary N) is 1. The van der Waals surface area contributed by atoms with Gasteiger partial charge in [0, 0.05) is 24.0 Å². The van der Waals surface area contributed by atoms with Crippen molar-refractivity contribution in [3.63, 3.8) is 0 Å². The van der Waals surface area contributed by atoms with Crippen LogP contribution in [0.4, 0.5) is 23.7 Å². The van der Waals surface area contributed by atoms with Crippen molar-refractivity contribution in [2.24, 2.45) is 0 Å². The molecule has 1 saturated heterocycles. The van der Waals surface area contributed by atoms with Gasteiger partial charge in [-0.1, -0.05) is 0 Å². The summed E-state index contributed by atoms with van der Waals surface area (Å²) in [5, 5.41) is 2.65. The molecule has 2 aliphatic rings. The summed E-state index contributed by atoms with van der Waals surface area (Å²) in [5.41, 5.74) is -2.08. The summed E-state index contributed by atoms with van der Waals surface area (Å²) in [5.74, 6) is -1.14. The van der Waals surface area contributed by atoms with Crippen molar-refractivity contribution >= 4 is 35.4 Å². The van der Waals surface area contributed by atoms with Gasteiger partial charge in [-0.05, 0) is 73.4 Å². The van der Waals surface area contributed by atoms with Gasteiger partial charge in [0.2, 0.25) is 5.91 Å². The highest BCUT2D eigenvalue weighted by molar-refractivity contribution is 8.01. The van der Waals surface area contributed by atoms with Crippen LogP contribution in [0.25, 0.3) is 0 Å². The minimum atomic E-state index is -4.77. The molecule has 1 aromatic carbocycles. The third-order valence-electron chi connectivity index (χ3n) is 6.05. The number of piperidine rings is 1. The Hall–Kier alpha value is -2.43. The van der Waals surface area contributed by atoms with Crippen molar-refractivity contribution < 1.29 is 32.3 Å². The van der Waals surface area contributed by atoms with Gasteiger partial charge in [-0.25, -0.2) is 4.79 Å². The van der Waals surface area contributed by atoms with Crippen LogP contribution in [0.2, 0.25) is 0 Å². The maximum absolute atomic E-state index is 14.1. The molecule has 0 bridgehead atoms. The molecule has 2 heterocycles. The van der Waals surface area contributed by atoms with Crippen LogP contribution in [0, 0.1) is 0 Å². The second-order valence-corrected chi connectivity index (χ2v) is 12.7. The Morgan fingerprint density at radius 2 is 1.86 bits per heavy atom. The number of hydrogen-bond donors (Lipinski definition) is 1. The van der Waals surface area contributed by atoms with Gasteiger partial charge < -0.3 is 19.9 Å². The molecule has 7 nitrogen and oxygen atoms in total. The molecule has 0 radical (unpaired) electrons. The Labute approximate surface area is 214 Å². The smallest absolute Gasteiger partial charge is 0.417 e. The fraction of sp³-hybridized carbons (Fsp3) is 0.640. The van der Waals surface area contributed by atoms with Crippen LogP contribution in [0.5, 0.6) is 0 Å². The van der Waals surface area contributed by atoms with Crippen LogP contribution < -0.4 is 5.32 Å². The number of carbonyl (C=O) groups is 3. The van der Waals surface area contributed by atoms with Gasteiger partial charge in [-0.3, -0.25) is 9.59 Å². The molecule has 0 aliphatic carbocycles. The van der Waals surface area contributed by atoms with Crippen LogP contribution >= 0.6 is 11.8 Å². The van der Waals surface area contributed by atoms with E-state index in [4.69, 9.17) is 4.74 Å². The lowest BCUT2D eigenvalue weighted by atomic mass is 9.98. The molecule has 11 heteroatoms. The molecular weight excluding hydrogens is 495 g/mol. The zero-order chi connectivity index (χ0) is 27.2. The van der Waals surface area contributed by atoms with Crippen molar-refractivity contribution in [1.29, 1.82) is 0 Å². The maximum Gasteiger partial charge on any atom is 0.417 e. The first kappa shape index (κ1) is 28.1. The molecule has 2 aliphatic heterocycles. The quantitative estimate of drug-likeness (QED) is 0.537. The average molecular weight is 530 g/mol. The summed E-state index contributed by atoms with van der Waals surface area (Å²) in [6.07, 6.45) is -4.17. The number of amides is 3. The van der Waals surface area contributed by atoms with Crippen molar-refractivity contribution in [3.8, 4) is 0 Å². The third kappa shape index (κ3) is 6.10. The number of anilines is 1. The molecule has 3 amide bonds. The van der Waals surface area contributed by atoms with E-state index >= 15 is 0 Å². The van der Waals surface area contributed by atoms with Gasteiger partial charge in [-0.15, -0.1) is 11.8 Å². The zero-order valence-corrected chi connectivity index (χ0v) is 22.5. The van der Waals surface area contributed by atoms with Gasteiger partial charge in [0.05, 0.1) is 27.6 Å². The number of halogens is 3. The van der Waals surface area contributed by atoms with Gasteiger partial charge in [0.25, 0.3) is 5.91 Å². The molecule has 0 unspecified atom stereocenters. The number of nitrogens with zero attached hydrogens (tertiary/aromatic N) is 2. The highest BCUT2D eigenvalue weighted by Gasteiger charge is 2.42. The summed E-state index contributed by atoms with van der Waals surface area (Å²) in [6.45, 7) is 12.6. The molecule has 1 N–H and O–H groups in total. The Bertz CT molecular complexity index is 1050. The molecule has 3 rings (SSSR count). The Morgan fingerprint density at radius 1 is 1.22 bits per heavy atom. The van der Waals surface area contributed by atoms with E-state index in [0.29, 0.717) is 19.4 Å². The standard InChI is InChI=1S/C25H34F3N3O4S/c1-14(2)31(15-9-8-10-30(13-15)22(34)35-23(3,4)5)20(32)16-11-18-19(12-17(16)25(26,27)28)36-24(6,7)21(33)29-18/h11-12,14-15H,8-10,13H2,1-7H3,(H,29,33)/t15-/m1/s1. The van der Waals surface area contributed by atoms with Crippen molar-refractivity contribution in [2.45, 2.75) is 94.8 Å². The molecule has 200 valence electrons. The van der Waals surface area contributed by atoms with E-state index < -0.39 is 51.7 Å². The van der Waals surface area contributed by atoms with E-state index in [2.05, 4.69) is 5.32 Å². The van der Waals surface area contributed by atoms with Crippen LogP contribution in [0.3, 0.4) is 0 Å². The SMILES string of the molecule is CC(C)N(C(=O)c1cc2c(cc1C(F)(F)F)SC(C)(C)C(=O)N2)[C@@H]1CCCN(C(=O)OC(C)(C)C)C1. The first-order chi connectivity index (χ1) is 16.4. The Balaban J connectivity index is 1.98. The number of carbonyl (C=O) groups excluding carboxylic acids is 3.